The third kappa shape index (κ3) is 3.42. The zero-order chi connectivity index (χ0) is 18.1. The largest absolute Gasteiger partial charge is 0.370 e. The average molecular weight is 351 g/mol. The number of carbonyl (C=O) groups excluding carboxylic acids is 1. The summed E-state index contributed by atoms with van der Waals surface area (Å²) in [7, 11) is 1.74. The van der Waals surface area contributed by atoms with Gasteiger partial charge >= 0.3 is 0 Å². The Hall–Kier alpha value is -2.10. The highest BCUT2D eigenvalue weighted by atomic mass is 16.1. The molecule has 0 unspecified atom stereocenters. The Labute approximate surface area is 155 Å². The van der Waals surface area contributed by atoms with Crippen LogP contribution in [0.1, 0.15) is 48.8 Å². The van der Waals surface area contributed by atoms with E-state index in [2.05, 4.69) is 35.8 Å². The van der Waals surface area contributed by atoms with Crippen molar-refractivity contribution in [2.75, 3.05) is 18.9 Å². The Morgan fingerprint density at radius 1 is 1.12 bits per heavy atom. The highest BCUT2D eigenvalue weighted by Gasteiger charge is 2.25. The van der Waals surface area contributed by atoms with Crippen LogP contribution in [-0.2, 0) is 17.6 Å². The van der Waals surface area contributed by atoms with E-state index in [0.29, 0.717) is 5.92 Å². The molecule has 0 radical (unpaired) electrons. The monoisotopic (exact) mass is 351 g/mol. The number of carbonyl (C=O) groups is 1. The lowest BCUT2D eigenvalue weighted by Crippen LogP contribution is -2.32. The van der Waals surface area contributed by atoms with E-state index in [1.165, 1.54) is 41.3 Å². The summed E-state index contributed by atoms with van der Waals surface area (Å²) in [5.74, 6) is 2.03. The quantitative estimate of drug-likeness (QED) is 0.875. The van der Waals surface area contributed by atoms with Crippen LogP contribution in [0.5, 0.6) is 0 Å². The predicted octanol–water partition coefficient (Wildman–Crippen LogP) is 4.00. The Balaban J connectivity index is 1.42. The summed E-state index contributed by atoms with van der Waals surface area (Å²) in [6, 6.07) is 6.83. The van der Waals surface area contributed by atoms with Crippen LogP contribution in [0.3, 0.4) is 0 Å². The van der Waals surface area contributed by atoms with Crippen molar-refractivity contribution in [2.45, 2.75) is 51.9 Å². The van der Waals surface area contributed by atoms with Crippen LogP contribution in [0, 0.1) is 18.8 Å². The van der Waals surface area contributed by atoms with Crippen LogP contribution in [0.15, 0.2) is 18.2 Å². The van der Waals surface area contributed by atoms with Gasteiger partial charge < -0.3 is 10.6 Å². The van der Waals surface area contributed by atoms with E-state index >= 15 is 0 Å². The van der Waals surface area contributed by atoms with Gasteiger partial charge in [0, 0.05) is 24.9 Å². The number of rotatable bonds is 4. The van der Waals surface area contributed by atoms with Gasteiger partial charge in [0.25, 0.3) is 0 Å². The molecule has 0 aliphatic heterocycles. The van der Waals surface area contributed by atoms with E-state index in [4.69, 9.17) is 4.98 Å². The number of pyridine rings is 1. The molecule has 1 aromatic carbocycles. The number of aryl methyl sites for hydroxylation is 3. The molecular weight excluding hydrogens is 322 g/mol. The molecule has 1 heterocycles. The highest BCUT2D eigenvalue weighted by molar-refractivity contribution is 5.85. The number of amides is 1. The first-order valence-corrected chi connectivity index (χ1v) is 10.0. The van der Waals surface area contributed by atoms with Crippen LogP contribution in [0.2, 0.25) is 0 Å². The van der Waals surface area contributed by atoms with Gasteiger partial charge in [0.15, 0.2) is 0 Å². The minimum Gasteiger partial charge on any atom is -0.370 e. The van der Waals surface area contributed by atoms with Crippen molar-refractivity contribution in [3.05, 3.63) is 34.9 Å². The second-order valence-corrected chi connectivity index (χ2v) is 8.03. The zero-order valence-corrected chi connectivity index (χ0v) is 15.9. The Morgan fingerprint density at radius 2 is 1.85 bits per heavy atom. The number of hydrogen-bond acceptors (Lipinski definition) is 3. The first-order valence-electron chi connectivity index (χ1n) is 10.0. The summed E-state index contributed by atoms with van der Waals surface area (Å²) in [6.45, 7) is 3.13. The summed E-state index contributed by atoms with van der Waals surface area (Å²) >= 11 is 0. The van der Waals surface area contributed by atoms with Crippen molar-refractivity contribution in [1.82, 2.24) is 10.3 Å². The number of fused-ring (bicyclic) bond motifs is 2. The number of nitrogens with one attached hydrogen (secondary N) is 2. The summed E-state index contributed by atoms with van der Waals surface area (Å²) in [6.07, 6.45) is 7.91. The standard InChI is InChI=1S/C22H29N3O/c1-14-10-21(24-13-15-6-8-16(9-7-15)22(26)23-2)25-20-12-18-5-3-4-17(18)11-19(14)20/h10-12,15-16H,3-9,13H2,1-2H3,(H,23,26)(H,24,25). The van der Waals surface area contributed by atoms with Gasteiger partial charge in [-0.1, -0.05) is 0 Å². The molecular formula is C22H29N3O. The second kappa shape index (κ2) is 7.26. The maximum atomic E-state index is 11.8. The molecule has 4 rings (SSSR count). The first kappa shape index (κ1) is 17.3. The number of hydrogen-bond donors (Lipinski definition) is 2. The number of nitrogens with zero attached hydrogens (tertiary/aromatic N) is 1. The molecule has 2 N–H and O–H groups in total. The highest BCUT2D eigenvalue weighted by Crippen LogP contribution is 2.31. The molecule has 4 nitrogen and oxygen atoms in total. The van der Waals surface area contributed by atoms with E-state index in [9.17, 15) is 4.79 Å². The lowest BCUT2D eigenvalue weighted by molar-refractivity contribution is -0.125. The van der Waals surface area contributed by atoms with Crippen LogP contribution < -0.4 is 10.6 Å². The Bertz CT molecular complexity index is 822. The molecule has 2 aliphatic rings. The predicted molar refractivity (Wildman–Crippen MR) is 107 cm³/mol. The van der Waals surface area contributed by atoms with Gasteiger partial charge in [-0.15, -0.1) is 0 Å². The van der Waals surface area contributed by atoms with Gasteiger partial charge in [0.05, 0.1) is 5.52 Å². The lowest BCUT2D eigenvalue weighted by atomic mass is 9.81. The maximum absolute atomic E-state index is 11.8. The molecule has 1 aromatic heterocycles. The fourth-order valence-corrected chi connectivity index (χ4v) is 4.64. The van der Waals surface area contributed by atoms with E-state index in [0.717, 1.165) is 43.6 Å². The average Bonchev–Trinajstić information content (AvgIpc) is 3.12. The van der Waals surface area contributed by atoms with Crippen LogP contribution >= 0.6 is 0 Å². The molecule has 0 saturated heterocycles. The lowest BCUT2D eigenvalue weighted by Gasteiger charge is -2.27. The smallest absolute Gasteiger partial charge is 0.222 e. The molecule has 1 saturated carbocycles. The molecule has 0 atom stereocenters. The number of benzene rings is 1. The van der Waals surface area contributed by atoms with E-state index in [1.54, 1.807) is 7.05 Å². The normalized spacial score (nSPS) is 22.2. The number of anilines is 1. The van der Waals surface area contributed by atoms with Crippen molar-refractivity contribution in [3.63, 3.8) is 0 Å². The molecule has 0 spiro atoms. The SMILES string of the molecule is CNC(=O)C1CCC(CNc2cc(C)c3cc4c(cc3n2)CCC4)CC1. The van der Waals surface area contributed by atoms with Crippen molar-refractivity contribution < 1.29 is 4.79 Å². The van der Waals surface area contributed by atoms with Crippen molar-refractivity contribution in [1.29, 1.82) is 0 Å². The zero-order valence-electron chi connectivity index (χ0n) is 15.9. The third-order valence-corrected chi connectivity index (χ3v) is 6.26. The fourth-order valence-electron chi connectivity index (χ4n) is 4.64. The third-order valence-electron chi connectivity index (χ3n) is 6.26. The molecule has 0 bridgehead atoms. The molecule has 4 heteroatoms. The van der Waals surface area contributed by atoms with Crippen LogP contribution in [-0.4, -0.2) is 24.5 Å². The summed E-state index contributed by atoms with van der Waals surface area (Å²) in [5, 5.41) is 7.64. The van der Waals surface area contributed by atoms with Crippen molar-refractivity contribution >= 4 is 22.6 Å². The fraction of sp³-hybridized carbons (Fsp3) is 0.545. The Kier molecular flexibility index (Phi) is 4.84. The van der Waals surface area contributed by atoms with E-state index in [1.807, 2.05) is 0 Å². The van der Waals surface area contributed by atoms with Gasteiger partial charge in [-0.3, -0.25) is 4.79 Å². The second-order valence-electron chi connectivity index (χ2n) is 8.03. The van der Waals surface area contributed by atoms with Crippen molar-refractivity contribution in [3.8, 4) is 0 Å². The van der Waals surface area contributed by atoms with Gasteiger partial charge in [0.2, 0.25) is 5.91 Å². The van der Waals surface area contributed by atoms with Crippen LogP contribution in [0.4, 0.5) is 5.82 Å². The maximum Gasteiger partial charge on any atom is 0.222 e. The molecule has 2 aromatic rings. The minimum atomic E-state index is 0.204. The van der Waals surface area contributed by atoms with Gasteiger partial charge in [-0.2, -0.15) is 0 Å². The molecule has 2 aliphatic carbocycles. The Morgan fingerprint density at radius 3 is 2.58 bits per heavy atom. The molecule has 138 valence electrons. The van der Waals surface area contributed by atoms with Gasteiger partial charge in [-0.05, 0) is 92.7 Å². The molecule has 1 amide bonds. The molecule has 1 fully saturated rings. The summed E-state index contributed by atoms with van der Waals surface area (Å²) < 4.78 is 0. The van der Waals surface area contributed by atoms with E-state index in [-0.39, 0.29) is 11.8 Å². The topological polar surface area (TPSA) is 54.0 Å². The van der Waals surface area contributed by atoms with Gasteiger partial charge in [-0.25, -0.2) is 4.98 Å². The summed E-state index contributed by atoms with van der Waals surface area (Å²) in [5.41, 5.74) is 5.41. The number of aromatic nitrogens is 1. The van der Waals surface area contributed by atoms with Gasteiger partial charge in [0.1, 0.15) is 5.82 Å². The van der Waals surface area contributed by atoms with E-state index < -0.39 is 0 Å². The van der Waals surface area contributed by atoms with Crippen LogP contribution in [0.25, 0.3) is 10.9 Å². The van der Waals surface area contributed by atoms with Crippen molar-refractivity contribution in [2.24, 2.45) is 11.8 Å². The molecule has 26 heavy (non-hydrogen) atoms. The first-order chi connectivity index (χ1) is 12.6. The summed E-state index contributed by atoms with van der Waals surface area (Å²) in [4.78, 5) is 16.6. The minimum absolute atomic E-state index is 0.204.